The molecule has 0 spiro atoms. The fourth-order valence-electron chi connectivity index (χ4n) is 2.96. The minimum Gasteiger partial charge on any atom is -0.0616 e. The van der Waals surface area contributed by atoms with E-state index < -0.39 is 0 Å². The summed E-state index contributed by atoms with van der Waals surface area (Å²) < 4.78 is 0. The predicted molar refractivity (Wildman–Crippen MR) is 58.5 cm³/mol. The Bertz CT molecular complexity index is 525. The fraction of sp³-hybridized carbons (Fsp3) is 0.286. The zero-order valence-electron chi connectivity index (χ0n) is 8.03. The van der Waals surface area contributed by atoms with Gasteiger partial charge in [0.25, 0.3) is 0 Å². The lowest BCUT2D eigenvalue weighted by Crippen LogP contribution is -1.86. The van der Waals surface area contributed by atoms with Crippen molar-refractivity contribution in [3.05, 3.63) is 47.5 Å². The molecule has 1 saturated carbocycles. The Kier molecular flexibility index (Phi) is 1.11. The molecule has 2 aromatic rings. The Morgan fingerprint density at radius 2 is 1.79 bits per heavy atom. The Labute approximate surface area is 83.6 Å². The quantitative estimate of drug-likeness (QED) is 0.582. The van der Waals surface area contributed by atoms with Crippen LogP contribution in [0.5, 0.6) is 0 Å². The minimum atomic E-state index is 0.926. The van der Waals surface area contributed by atoms with E-state index in [9.17, 15) is 0 Å². The minimum absolute atomic E-state index is 0.926. The second-order valence-corrected chi connectivity index (χ2v) is 4.70. The Morgan fingerprint density at radius 3 is 2.64 bits per heavy atom. The van der Waals surface area contributed by atoms with Crippen molar-refractivity contribution in [3.63, 3.8) is 0 Å². The summed E-state index contributed by atoms with van der Waals surface area (Å²) >= 11 is 0. The summed E-state index contributed by atoms with van der Waals surface area (Å²) in [4.78, 5) is 0. The Morgan fingerprint density at radius 1 is 1.00 bits per heavy atom. The molecule has 2 aromatic carbocycles. The summed E-state index contributed by atoms with van der Waals surface area (Å²) in [6.07, 6.45) is 2.79. The van der Waals surface area contributed by atoms with Gasteiger partial charge in [-0.3, -0.25) is 0 Å². The highest BCUT2D eigenvalue weighted by molar-refractivity contribution is 5.84. The van der Waals surface area contributed by atoms with Gasteiger partial charge in [0.15, 0.2) is 0 Å². The van der Waals surface area contributed by atoms with Crippen molar-refractivity contribution in [2.75, 3.05) is 0 Å². The van der Waals surface area contributed by atoms with Crippen LogP contribution in [0.25, 0.3) is 10.8 Å². The first-order valence-electron chi connectivity index (χ1n) is 5.43. The van der Waals surface area contributed by atoms with Gasteiger partial charge in [-0.2, -0.15) is 0 Å². The SMILES string of the molecule is c1ccc2cc3c(cc2c1)CC1CC31. The first kappa shape index (κ1) is 7.05. The molecule has 1 fully saturated rings. The van der Waals surface area contributed by atoms with Crippen molar-refractivity contribution in [3.8, 4) is 0 Å². The fourth-order valence-corrected chi connectivity index (χ4v) is 2.96. The second kappa shape index (κ2) is 2.20. The third-order valence-corrected chi connectivity index (χ3v) is 3.81. The molecule has 0 N–H and O–H groups in total. The predicted octanol–water partition coefficient (Wildman–Crippen LogP) is 3.50. The maximum atomic E-state index is 2.42. The first-order valence-corrected chi connectivity index (χ1v) is 5.43. The molecule has 0 bridgehead atoms. The average molecular weight is 180 g/mol. The summed E-state index contributed by atoms with van der Waals surface area (Å²) in [6.45, 7) is 0. The highest BCUT2D eigenvalue weighted by Gasteiger charge is 2.44. The van der Waals surface area contributed by atoms with Crippen LogP contribution in [-0.2, 0) is 6.42 Å². The van der Waals surface area contributed by atoms with Crippen molar-refractivity contribution in [2.45, 2.75) is 18.8 Å². The molecule has 0 heteroatoms. The van der Waals surface area contributed by atoms with E-state index in [1.54, 1.807) is 11.1 Å². The number of rotatable bonds is 0. The molecule has 0 saturated heterocycles. The number of hydrogen-bond donors (Lipinski definition) is 0. The highest BCUT2D eigenvalue weighted by atomic mass is 14.5. The molecule has 4 rings (SSSR count). The maximum Gasteiger partial charge on any atom is -0.0124 e. The molecular weight excluding hydrogens is 168 g/mol. The third-order valence-electron chi connectivity index (χ3n) is 3.81. The Hall–Kier alpha value is -1.30. The van der Waals surface area contributed by atoms with Gasteiger partial charge in [0.05, 0.1) is 0 Å². The maximum absolute atomic E-state index is 2.42. The largest absolute Gasteiger partial charge is 0.0616 e. The van der Waals surface area contributed by atoms with Crippen LogP contribution < -0.4 is 0 Å². The van der Waals surface area contributed by atoms with Crippen molar-refractivity contribution in [2.24, 2.45) is 5.92 Å². The van der Waals surface area contributed by atoms with Crippen molar-refractivity contribution in [1.82, 2.24) is 0 Å². The van der Waals surface area contributed by atoms with Crippen LogP contribution in [0.4, 0.5) is 0 Å². The van der Waals surface area contributed by atoms with Gasteiger partial charge in [0.2, 0.25) is 0 Å². The van der Waals surface area contributed by atoms with E-state index in [4.69, 9.17) is 0 Å². The van der Waals surface area contributed by atoms with Gasteiger partial charge in [-0.1, -0.05) is 36.4 Å². The molecule has 0 radical (unpaired) electrons. The zero-order chi connectivity index (χ0) is 9.12. The van der Waals surface area contributed by atoms with Crippen LogP contribution in [0, 0.1) is 5.92 Å². The molecule has 2 aliphatic rings. The van der Waals surface area contributed by atoms with Gasteiger partial charge >= 0.3 is 0 Å². The molecule has 0 heterocycles. The second-order valence-electron chi connectivity index (χ2n) is 4.70. The lowest BCUT2D eigenvalue weighted by molar-refractivity contribution is 0.857. The van der Waals surface area contributed by atoms with E-state index in [2.05, 4.69) is 36.4 Å². The van der Waals surface area contributed by atoms with E-state index in [1.165, 1.54) is 23.6 Å². The summed E-state index contributed by atoms with van der Waals surface area (Å²) in [5.41, 5.74) is 3.26. The monoisotopic (exact) mass is 180 g/mol. The van der Waals surface area contributed by atoms with Crippen molar-refractivity contribution < 1.29 is 0 Å². The third kappa shape index (κ3) is 0.790. The topological polar surface area (TPSA) is 0 Å². The number of fused-ring (bicyclic) bond motifs is 4. The van der Waals surface area contributed by atoms with E-state index in [1.807, 2.05) is 0 Å². The molecule has 2 aliphatic carbocycles. The molecule has 14 heavy (non-hydrogen) atoms. The molecule has 2 unspecified atom stereocenters. The van der Waals surface area contributed by atoms with Crippen LogP contribution in [-0.4, -0.2) is 0 Å². The lowest BCUT2D eigenvalue weighted by atomic mass is 10.0. The Balaban J connectivity index is 2.07. The smallest absolute Gasteiger partial charge is 0.0124 e. The van der Waals surface area contributed by atoms with Crippen LogP contribution in [0.1, 0.15) is 23.5 Å². The van der Waals surface area contributed by atoms with Gasteiger partial charge in [-0.15, -0.1) is 0 Å². The van der Waals surface area contributed by atoms with Gasteiger partial charge in [-0.25, -0.2) is 0 Å². The molecule has 0 aliphatic heterocycles. The van der Waals surface area contributed by atoms with E-state index >= 15 is 0 Å². The standard InChI is InChI=1S/C14H12/c1-2-4-10-7-13-11(5-9(10)3-1)6-12-8-14(12)13/h1-5,7,12,14H,6,8H2. The highest BCUT2D eigenvalue weighted by Crippen LogP contribution is 2.56. The van der Waals surface area contributed by atoms with Crippen LogP contribution >= 0.6 is 0 Å². The average Bonchev–Trinajstić information content (AvgIpc) is 2.90. The number of benzene rings is 2. The van der Waals surface area contributed by atoms with Gasteiger partial charge < -0.3 is 0 Å². The summed E-state index contributed by atoms with van der Waals surface area (Å²) in [5, 5.41) is 2.83. The van der Waals surface area contributed by atoms with Crippen LogP contribution in [0.15, 0.2) is 36.4 Å². The molecule has 2 atom stereocenters. The lowest BCUT2D eigenvalue weighted by Gasteiger charge is -2.05. The van der Waals surface area contributed by atoms with Crippen molar-refractivity contribution in [1.29, 1.82) is 0 Å². The van der Waals surface area contributed by atoms with Crippen LogP contribution in [0.2, 0.25) is 0 Å². The van der Waals surface area contributed by atoms with Gasteiger partial charge in [0.1, 0.15) is 0 Å². The van der Waals surface area contributed by atoms with Crippen molar-refractivity contribution >= 4 is 10.8 Å². The molecule has 0 amide bonds. The summed E-state index contributed by atoms with van der Waals surface area (Å²) in [5.74, 6) is 1.93. The van der Waals surface area contributed by atoms with E-state index in [-0.39, 0.29) is 0 Å². The zero-order valence-corrected chi connectivity index (χ0v) is 8.03. The summed E-state index contributed by atoms with van der Waals surface area (Å²) in [7, 11) is 0. The van der Waals surface area contributed by atoms with E-state index in [0.717, 1.165) is 11.8 Å². The number of hydrogen-bond acceptors (Lipinski definition) is 0. The van der Waals surface area contributed by atoms with E-state index in [0.29, 0.717) is 0 Å². The molecule has 68 valence electrons. The summed E-state index contributed by atoms with van der Waals surface area (Å²) in [6, 6.07) is 13.5. The first-order chi connectivity index (χ1) is 6.92. The molecular formula is C14H12. The molecule has 0 nitrogen and oxygen atoms in total. The van der Waals surface area contributed by atoms with Crippen LogP contribution in [0.3, 0.4) is 0 Å². The molecule has 0 aromatic heterocycles. The van der Waals surface area contributed by atoms with Gasteiger partial charge in [-0.05, 0) is 46.6 Å². The van der Waals surface area contributed by atoms with Gasteiger partial charge in [0, 0.05) is 0 Å². The normalized spacial score (nSPS) is 27.4.